The maximum atomic E-state index is 6.26. The van der Waals surface area contributed by atoms with Crippen molar-refractivity contribution in [3.05, 3.63) is 53.3 Å². The van der Waals surface area contributed by atoms with Gasteiger partial charge in [-0.2, -0.15) is 0 Å². The Morgan fingerprint density at radius 2 is 1.84 bits per heavy atom. The average molecular weight is 258 g/mol. The molecule has 0 aliphatic heterocycles. The molecular weight excluding hydrogens is 240 g/mol. The van der Waals surface area contributed by atoms with Crippen LogP contribution in [0.25, 0.3) is 0 Å². The Hall–Kier alpha value is -2.07. The van der Waals surface area contributed by atoms with Gasteiger partial charge in [-0.25, -0.2) is 0 Å². The van der Waals surface area contributed by atoms with Crippen molar-refractivity contribution in [2.45, 2.75) is 13.0 Å². The molecule has 0 saturated heterocycles. The number of nitrogens with two attached hydrogens (primary N) is 1. The second kappa shape index (κ2) is 5.71. The maximum Gasteiger partial charge on any atom is 0.137 e. The number of hydrogen-bond acceptors (Lipinski definition) is 4. The number of ether oxygens (including phenoxy) is 2. The number of benzene rings is 1. The summed E-state index contributed by atoms with van der Waals surface area (Å²) in [6, 6.07) is 7.60. The zero-order chi connectivity index (χ0) is 13.8. The van der Waals surface area contributed by atoms with Crippen LogP contribution in [0.4, 0.5) is 0 Å². The molecule has 1 atom stereocenters. The Morgan fingerprint density at radius 1 is 1.05 bits per heavy atom. The summed E-state index contributed by atoms with van der Waals surface area (Å²) < 4.78 is 10.4. The predicted octanol–water partition coefficient (Wildman–Crippen LogP) is 2.46. The molecule has 4 heteroatoms. The first-order chi connectivity index (χ1) is 9.15. The monoisotopic (exact) mass is 258 g/mol. The van der Waals surface area contributed by atoms with E-state index in [0.717, 1.165) is 22.4 Å². The van der Waals surface area contributed by atoms with Crippen LogP contribution in [0.1, 0.15) is 22.7 Å². The summed E-state index contributed by atoms with van der Waals surface area (Å²) in [5, 5.41) is 0. The molecule has 1 unspecified atom stereocenters. The van der Waals surface area contributed by atoms with Gasteiger partial charge in [0.05, 0.1) is 26.5 Å². The van der Waals surface area contributed by atoms with Gasteiger partial charge in [-0.05, 0) is 35.7 Å². The molecular formula is C15H18N2O2. The van der Waals surface area contributed by atoms with E-state index in [2.05, 4.69) is 4.98 Å². The van der Waals surface area contributed by atoms with Crippen LogP contribution < -0.4 is 15.2 Å². The molecule has 0 amide bonds. The lowest BCUT2D eigenvalue weighted by Gasteiger charge is -2.15. The van der Waals surface area contributed by atoms with E-state index < -0.39 is 0 Å². The Morgan fingerprint density at radius 3 is 2.47 bits per heavy atom. The van der Waals surface area contributed by atoms with Gasteiger partial charge >= 0.3 is 0 Å². The van der Waals surface area contributed by atoms with Crippen LogP contribution in [-0.2, 0) is 0 Å². The molecule has 0 bridgehead atoms. The quantitative estimate of drug-likeness (QED) is 0.915. The largest absolute Gasteiger partial charge is 0.496 e. The van der Waals surface area contributed by atoms with Crippen molar-refractivity contribution >= 4 is 0 Å². The summed E-state index contributed by atoms with van der Waals surface area (Å²) in [5.74, 6) is 1.57. The zero-order valence-electron chi connectivity index (χ0n) is 11.4. The Bertz CT molecular complexity index is 570. The molecule has 0 spiro atoms. The molecule has 2 aromatic rings. The highest BCUT2D eigenvalue weighted by Gasteiger charge is 2.11. The smallest absolute Gasteiger partial charge is 0.137 e. The predicted molar refractivity (Wildman–Crippen MR) is 74.6 cm³/mol. The first-order valence-corrected chi connectivity index (χ1v) is 6.04. The lowest BCUT2D eigenvalue weighted by atomic mass is 9.99. The summed E-state index contributed by atoms with van der Waals surface area (Å²) in [6.45, 7) is 2.00. The number of pyridine rings is 1. The second-order valence-electron chi connectivity index (χ2n) is 4.36. The summed E-state index contributed by atoms with van der Waals surface area (Å²) in [7, 11) is 3.28. The van der Waals surface area contributed by atoms with Crippen LogP contribution in [0, 0.1) is 6.92 Å². The third-order valence-electron chi connectivity index (χ3n) is 3.11. The number of nitrogens with zero attached hydrogens (tertiary/aromatic N) is 1. The number of rotatable bonds is 4. The third kappa shape index (κ3) is 2.85. The molecule has 1 aromatic heterocycles. The standard InChI is InChI=1S/C15H18N2O2/c1-10-6-11(4-5-14(10)19-3)15(16)12-7-13(18-2)9-17-8-12/h4-9,15H,16H2,1-3H3. The molecule has 0 fully saturated rings. The minimum absolute atomic E-state index is 0.229. The van der Waals surface area contributed by atoms with Gasteiger partial charge in [0.15, 0.2) is 0 Å². The fraction of sp³-hybridized carbons (Fsp3) is 0.267. The van der Waals surface area contributed by atoms with Crippen molar-refractivity contribution in [3.63, 3.8) is 0 Å². The zero-order valence-corrected chi connectivity index (χ0v) is 11.4. The van der Waals surface area contributed by atoms with Gasteiger partial charge in [0.25, 0.3) is 0 Å². The van der Waals surface area contributed by atoms with Crippen molar-refractivity contribution in [2.24, 2.45) is 5.73 Å². The summed E-state index contributed by atoms with van der Waals surface area (Å²) in [5.41, 5.74) is 9.27. The van der Waals surface area contributed by atoms with E-state index in [-0.39, 0.29) is 6.04 Å². The van der Waals surface area contributed by atoms with E-state index in [9.17, 15) is 0 Å². The van der Waals surface area contributed by atoms with Crippen molar-refractivity contribution in [3.8, 4) is 11.5 Å². The Kier molecular flexibility index (Phi) is 4.02. The Labute approximate surface area is 113 Å². The number of aromatic nitrogens is 1. The molecule has 0 aliphatic rings. The van der Waals surface area contributed by atoms with Crippen LogP contribution in [-0.4, -0.2) is 19.2 Å². The molecule has 0 saturated carbocycles. The third-order valence-corrected chi connectivity index (χ3v) is 3.11. The first kappa shape index (κ1) is 13.4. The topological polar surface area (TPSA) is 57.4 Å². The number of aryl methyl sites for hydroxylation is 1. The fourth-order valence-corrected chi connectivity index (χ4v) is 2.00. The van der Waals surface area contributed by atoms with Crippen molar-refractivity contribution in [2.75, 3.05) is 14.2 Å². The number of hydrogen-bond donors (Lipinski definition) is 1. The van der Waals surface area contributed by atoms with E-state index in [0.29, 0.717) is 5.75 Å². The van der Waals surface area contributed by atoms with Gasteiger partial charge in [-0.15, -0.1) is 0 Å². The molecule has 2 N–H and O–H groups in total. The van der Waals surface area contributed by atoms with E-state index in [1.165, 1.54) is 0 Å². The van der Waals surface area contributed by atoms with Crippen LogP contribution in [0.3, 0.4) is 0 Å². The van der Waals surface area contributed by atoms with Crippen LogP contribution in [0.2, 0.25) is 0 Å². The van der Waals surface area contributed by atoms with Gasteiger partial charge in [-0.1, -0.05) is 12.1 Å². The van der Waals surface area contributed by atoms with Crippen LogP contribution in [0.15, 0.2) is 36.7 Å². The van der Waals surface area contributed by atoms with E-state index in [4.69, 9.17) is 15.2 Å². The minimum atomic E-state index is -0.229. The molecule has 100 valence electrons. The SMILES string of the molecule is COc1cncc(C(N)c2ccc(OC)c(C)c2)c1. The molecule has 1 heterocycles. The second-order valence-corrected chi connectivity index (χ2v) is 4.36. The van der Waals surface area contributed by atoms with Crippen LogP contribution in [0.5, 0.6) is 11.5 Å². The summed E-state index contributed by atoms with van der Waals surface area (Å²) >= 11 is 0. The van der Waals surface area contributed by atoms with E-state index in [1.807, 2.05) is 31.2 Å². The van der Waals surface area contributed by atoms with Gasteiger partial charge in [0.1, 0.15) is 11.5 Å². The van der Waals surface area contributed by atoms with Gasteiger partial charge in [0, 0.05) is 6.20 Å². The normalized spacial score (nSPS) is 12.0. The highest BCUT2D eigenvalue weighted by molar-refractivity contribution is 5.41. The van der Waals surface area contributed by atoms with E-state index in [1.54, 1.807) is 26.6 Å². The van der Waals surface area contributed by atoms with Gasteiger partial charge < -0.3 is 15.2 Å². The molecule has 19 heavy (non-hydrogen) atoms. The van der Waals surface area contributed by atoms with E-state index >= 15 is 0 Å². The number of methoxy groups -OCH3 is 2. The van der Waals surface area contributed by atoms with Gasteiger partial charge in [0.2, 0.25) is 0 Å². The highest BCUT2D eigenvalue weighted by atomic mass is 16.5. The van der Waals surface area contributed by atoms with Gasteiger partial charge in [-0.3, -0.25) is 4.98 Å². The minimum Gasteiger partial charge on any atom is -0.496 e. The summed E-state index contributed by atoms with van der Waals surface area (Å²) in [4.78, 5) is 4.13. The molecule has 2 rings (SSSR count). The molecule has 0 radical (unpaired) electrons. The lowest BCUT2D eigenvalue weighted by Crippen LogP contribution is -2.12. The lowest BCUT2D eigenvalue weighted by molar-refractivity contribution is 0.411. The average Bonchev–Trinajstić information content (AvgIpc) is 2.46. The molecule has 0 aliphatic carbocycles. The van der Waals surface area contributed by atoms with Crippen molar-refractivity contribution < 1.29 is 9.47 Å². The van der Waals surface area contributed by atoms with Crippen molar-refractivity contribution in [1.29, 1.82) is 0 Å². The Balaban J connectivity index is 2.32. The molecule has 1 aromatic carbocycles. The van der Waals surface area contributed by atoms with Crippen molar-refractivity contribution in [1.82, 2.24) is 4.98 Å². The fourth-order valence-electron chi connectivity index (χ4n) is 2.00. The molecule has 4 nitrogen and oxygen atoms in total. The summed E-state index contributed by atoms with van der Waals surface area (Å²) in [6.07, 6.45) is 3.42. The first-order valence-electron chi connectivity index (χ1n) is 6.04. The maximum absolute atomic E-state index is 6.26. The highest BCUT2D eigenvalue weighted by Crippen LogP contribution is 2.26. The van der Waals surface area contributed by atoms with Crippen LogP contribution >= 0.6 is 0 Å².